The van der Waals surface area contributed by atoms with E-state index in [9.17, 15) is 8.42 Å². The molecule has 0 aliphatic heterocycles. The minimum atomic E-state index is -3.11. The van der Waals surface area contributed by atoms with Crippen LogP contribution in [0.25, 0.3) is 11.0 Å². The molecule has 8 heteroatoms. The first-order chi connectivity index (χ1) is 11.4. The lowest BCUT2D eigenvalue weighted by atomic mass is 9.87. The lowest BCUT2D eigenvalue weighted by Crippen LogP contribution is -2.34. The van der Waals surface area contributed by atoms with Crippen LogP contribution in [0.3, 0.4) is 0 Å². The molecule has 1 fully saturated rings. The van der Waals surface area contributed by atoms with Crippen LogP contribution < -0.4 is 9.46 Å². The van der Waals surface area contributed by atoms with Crippen LogP contribution in [0.2, 0.25) is 5.02 Å². The SMILES string of the molecule is CCS(=O)(=O)NCC1CCC(Oc2nc3ccc(Cl)cc3[nH]2)CC1. The highest BCUT2D eigenvalue weighted by molar-refractivity contribution is 7.89. The molecule has 2 N–H and O–H groups in total. The molecule has 1 aromatic heterocycles. The molecule has 1 aromatic carbocycles. The first kappa shape index (κ1) is 17.5. The summed E-state index contributed by atoms with van der Waals surface area (Å²) in [7, 11) is -3.11. The van der Waals surface area contributed by atoms with Crippen LogP contribution in [-0.2, 0) is 10.0 Å². The summed E-state index contributed by atoms with van der Waals surface area (Å²) < 4.78 is 31.6. The predicted molar refractivity (Wildman–Crippen MR) is 94.9 cm³/mol. The number of imidazole rings is 1. The topological polar surface area (TPSA) is 84.1 Å². The number of hydrogen-bond acceptors (Lipinski definition) is 4. The summed E-state index contributed by atoms with van der Waals surface area (Å²) in [6, 6.07) is 6.00. The zero-order valence-corrected chi connectivity index (χ0v) is 15.2. The molecular weight excluding hydrogens is 350 g/mol. The van der Waals surface area contributed by atoms with Crippen molar-refractivity contribution in [2.45, 2.75) is 38.7 Å². The van der Waals surface area contributed by atoms with Gasteiger partial charge in [0.25, 0.3) is 6.01 Å². The first-order valence-corrected chi connectivity index (χ1v) is 10.3. The second-order valence-corrected chi connectivity index (χ2v) is 8.75. The Labute approximate surface area is 147 Å². The molecule has 24 heavy (non-hydrogen) atoms. The number of ether oxygens (including phenoxy) is 1. The average Bonchev–Trinajstić information content (AvgIpc) is 2.95. The van der Waals surface area contributed by atoms with E-state index in [4.69, 9.17) is 16.3 Å². The molecule has 0 amide bonds. The first-order valence-electron chi connectivity index (χ1n) is 8.24. The largest absolute Gasteiger partial charge is 0.461 e. The summed E-state index contributed by atoms with van der Waals surface area (Å²) in [6.45, 7) is 2.17. The van der Waals surface area contributed by atoms with Gasteiger partial charge in [0.2, 0.25) is 10.0 Å². The van der Waals surface area contributed by atoms with Gasteiger partial charge in [0.05, 0.1) is 16.8 Å². The van der Waals surface area contributed by atoms with Crippen LogP contribution in [0.15, 0.2) is 18.2 Å². The highest BCUT2D eigenvalue weighted by atomic mass is 35.5. The fourth-order valence-electron chi connectivity index (χ4n) is 2.97. The molecule has 0 unspecified atom stereocenters. The monoisotopic (exact) mass is 371 g/mol. The number of benzene rings is 1. The van der Waals surface area contributed by atoms with E-state index in [0.29, 0.717) is 23.5 Å². The number of nitrogens with zero attached hydrogens (tertiary/aromatic N) is 1. The molecule has 1 aliphatic carbocycles. The van der Waals surface area contributed by atoms with Crippen molar-refractivity contribution < 1.29 is 13.2 Å². The van der Waals surface area contributed by atoms with Crippen LogP contribution in [0.4, 0.5) is 0 Å². The highest BCUT2D eigenvalue weighted by Gasteiger charge is 2.24. The minimum Gasteiger partial charge on any atom is -0.461 e. The third kappa shape index (κ3) is 4.40. The Morgan fingerprint density at radius 3 is 2.79 bits per heavy atom. The fourth-order valence-corrected chi connectivity index (χ4v) is 3.84. The van der Waals surface area contributed by atoms with Gasteiger partial charge in [-0.3, -0.25) is 0 Å². The maximum Gasteiger partial charge on any atom is 0.294 e. The number of hydrogen-bond donors (Lipinski definition) is 2. The lowest BCUT2D eigenvalue weighted by Gasteiger charge is -2.28. The van der Waals surface area contributed by atoms with Crippen molar-refractivity contribution in [3.8, 4) is 6.01 Å². The van der Waals surface area contributed by atoms with Gasteiger partial charge in [-0.25, -0.2) is 13.1 Å². The van der Waals surface area contributed by atoms with Crippen LogP contribution in [-0.4, -0.2) is 36.8 Å². The molecule has 1 saturated carbocycles. The summed E-state index contributed by atoms with van der Waals surface area (Å²) in [5, 5.41) is 0.660. The van der Waals surface area contributed by atoms with E-state index < -0.39 is 10.0 Å². The van der Waals surface area contributed by atoms with Crippen LogP contribution in [0.5, 0.6) is 6.01 Å². The Morgan fingerprint density at radius 2 is 2.08 bits per heavy atom. The molecule has 2 aromatic rings. The van der Waals surface area contributed by atoms with Gasteiger partial charge in [-0.05, 0) is 56.7 Å². The van der Waals surface area contributed by atoms with Crippen LogP contribution >= 0.6 is 11.6 Å². The number of H-pyrrole nitrogens is 1. The van der Waals surface area contributed by atoms with Crippen molar-refractivity contribution in [1.29, 1.82) is 0 Å². The molecule has 132 valence electrons. The predicted octanol–water partition coefficient (Wildman–Crippen LogP) is 3.09. The number of fused-ring (bicyclic) bond motifs is 1. The average molecular weight is 372 g/mol. The van der Waals surface area contributed by atoms with Gasteiger partial charge in [-0.2, -0.15) is 4.98 Å². The van der Waals surface area contributed by atoms with E-state index >= 15 is 0 Å². The van der Waals surface area contributed by atoms with E-state index in [1.54, 1.807) is 13.0 Å². The number of aromatic nitrogens is 2. The Balaban J connectivity index is 1.51. The second kappa shape index (κ2) is 7.29. The van der Waals surface area contributed by atoms with E-state index in [1.807, 2.05) is 12.1 Å². The molecule has 6 nitrogen and oxygen atoms in total. The van der Waals surface area contributed by atoms with Crippen molar-refractivity contribution in [1.82, 2.24) is 14.7 Å². The maximum atomic E-state index is 11.5. The summed E-state index contributed by atoms with van der Waals surface area (Å²) in [4.78, 5) is 7.56. The van der Waals surface area contributed by atoms with Gasteiger partial charge in [-0.15, -0.1) is 0 Å². The standard InChI is InChI=1S/C16H22ClN3O3S/c1-2-24(21,22)18-10-11-3-6-13(7-4-11)23-16-19-14-8-5-12(17)9-15(14)20-16/h5,8-9,11,13,18H,2-4,6-7,10H2,1H3,(H,19,20). The van der Waals surface area contributed by atoms with Crippen molar-refractivity contribution in [3.63, 3.8) is 0 Å². The van der Waals surface area contributed by atoms with Gasteiger partial charge in [-0.1, -0.05) is 11.6 Å². The fraction of sp³-hybridized carbons (Fsp3) is 0.562. The number of sulfonamides is 1. The number of nitrogens with one attached hydrogen (secondary N) is 2. The van der Waals surface area contributed by atoms with Crippen LogP contribution in [0, 0.1) is 5.92 Å². The number of aromatic amines is 1. The lowest BCUT2D eigenvalue weighted by molar-refractivity contribution is 0.122. The van der Waals surface area contributed by atoms with Gasteiger partial charge < -0.3 is 9.72 Å². The maximum absolute atomic E-state index is 11.5. The Hall–Kier alpha value is -1.31. The summed E-state index contributed by atoms with van der Waals surface area (Å²) in [5.74, 6) is 0.502. The Morgan fingerprint density at radius 1 is 1.33 bits per heavy atom. The molecule has 1 heterocycles. The van der Waals surface area contributed by atoms with Crippen molar-refractivity contribution >= 4 is 32.7 Å². The zero-order valence-electron chi connectivity index (χ0n) is 13.6. The normalized spacial score (nSPS) is 21.9. The highest BCUT2D eigenvalue weighted by Crippen LogP contribution is 2.28. The molecule has 0 bridgehead atoms. The van der Waals surface area contributed by atoms with Gasteiger partial charge in [0, 0.05) is 11.6 Å². The third-order valence-corrected chi connectivity index (χ3v) is 6.07. The third-order valence-electron chi connectivity index (χ3n) is 4.47. The number of rotatable bonds is 6. The van der Waals surface area contributed by atoms with Gasteiger partial charge in [0.15, 0.2) is 0 Å². The van der Waals surface area contributed by atoms with Crippen molar-refractivity contribution in [3.05, 3.63) is 23.2 Å². The van der Waals surface area contributed by atoms with Gasteiger partial charge >= 0.3 is 0 Å². The molecule has 0 saturated heterocycles. The van der Waals surface area contributed by atoms with E-state index in [0.717, 1.165) is 36.7 Å². The van der Waals surface area contributed by atoms with E-state index in [2.05, 4.69) is 14.7 Å². The Kier molecular flexibility index (Phi) is 5.32. The molecule has 0 atom stereocenters. The molecule has 1 aliphatic rings. The molecule has 0 spiro atoms. The number of halogens is 1. The zero-order chi connectivity index (χ0) is 17.2. The smallest absolute Gasteiger partial charge is 0.294 e. The summed E-state index contributed by atoms with van der Waals surface area (Å²) >= 11 is 5.97. The van der Waals surface area contributed by atoms with E-state index in [-0.39, 0.29) is 11.9 Å². The molecular formula is C16H22ClN3O3S. The summed E-state index contributed by atoms with van der Waals surface area (Å²) in [5.41, 5.74) is 1.69. The molecule has 0 radical (unpaired) electrons. The van der Waals surface area contributed by atoms with Crippen LogP contribution in [0.1, 0.15) is 32.6 Å². The van der Waals surface area contributed by atoms with Crippen molar-refractivity contribution in [2.75, 3.05) is 12.3 Å². The Bertz CT molecular complexity index is 798. The van der Waals surface area contributed by atoms with E-state index in [1.165, 1.54) is 0 Å². The quantitative estimate of drug-likeness (QED) is 0.817. The second-order valence-electron chi connectivity index (χ2n) is 6.22. The van der Waals surface area contributed by atoms with Crippen molar-refractivity contribution in [2.24, 2.45) is 5.92 Å². The van der Waals surface area contributed by atoms with Gasteiger partial charge in [0.1, 0.15) is 6.10 Å². The minimum absolute atomic E-state index is 0.111. The summed E-state index contributed by atoms with van der Waals surface area (Å²) in [6.07, 6.45) is 3.80. The molecule has 3 rings (SSSR count).